The van der Waals surface area contributed by atoms with Crippen LogP contribution in [-0.2, 0) is 6.42 Å². The Labute approximate surface area is 82.3 Å². The van der Waals surface area contributed by atoms with Gasteiger partial charge in [0, 0.05) is 23.7 Å². The maximum absolute atomic E-state index is 8.91. The highest BCUT2D eigenvalue weighted by Crippen LogP contribution is 2.28. The summed E-state index contributed by atoms with van der Waals surface area (Å²) in [6, 6.07) is 5.87. The Morgan fingerprint density at radius 2 is 2.29 bits per heavy atom. The number of rotatable bonds is 3. The molecule has 1 aromatic carbocycles. The van der Waals surface area contributed by atoms with Crippen molar-refractivity contribution in [2.75, 3.05) is 13.7 Å². The van der Waals surface area contributed by atoms with Gasteiger partial charge in [0.15, 0.2) is 0 Å². The number of hydrogen-bond donors (Lipinski definition) is 2. The van der Waals surface area contributed by atoms with Gasteiger partial charge in [-0.2, -0.15) is 0 Å². The van der Waals surface area contributed by atoms with Crippen LogP contribution in [0.15, 0.2) is 24.4 Å². The number of hydrogen-bond acceptors (Lipinski definition) is 2. The molecule has 2 rings (SSSR count). The van der Waals surface area contributed by atoms with Crippen molar-refractivity contribution in [3.05, 3.63) is 30.0 Å². The molecule has 0 aliphatic carbocycles. The molecule has 0 amide bonds. The number of methoxy groups -OCH3 is 1. The van der Waals surface area contributed by atoms with Crippen LogP contribution in [0.4, 0.5) is 0 Å². The first kappa shape index (κ1) is 9.09. The number of aromatic amines is 1. The van der Waals surface area contributed by atoms with Crippen LogP contribution >= 0.6 is 0 Å². The zero-order valence-corrected chi connectivity index (χ0v) is 8.08. The Hall–Kier alpha value is -1.48. The van der Waals surface area contributed by atoms with E-state index in [0.717, 1.165) is 22.2 Å². The lowest BCUT2D eigenvalue weighted by molar-refractivity contribution is 0.300. The van der Waals surface area contributed by atoms with Crippen molar-refractivity contribution in [1.29, 1.82) is 0 Å². The number of fused-ring (bicyclic) bond motifs is 1. The van der Waals surface area contributed by atoms with Gasteiger partial charge in [-0.1, -0.05) is 6.07 Å². The summed E-state index contributed by atoms with van der Waals surface area (Å²) in [5, 5.41) is 9.98. The molecule has 0 atom stereocenters. The lowest BCUT2D eigenvalue weighted by Crippen LogP contribution is -1.90. The van der Waals surface area contributed by atoms with E-state index in [4.69, 9.17) is 9.84 Å². The number of ether oxygens (including phenoxy) is 1. The molecule has 14 heavy (non-hydrogen) atoms. The van der Waals surface area contributed by atoms with Crippen LogP contribution in [0.2, 0.25) is 0 Å². The van der Waals surface area contributed by atoms with Crippen molar-refractivity contribution < 1.29 is 9.84 Å². The van der Waals surface area contributed by atoms with Crippen LogP contribution in [-0.4, -0.2) is 23.8 Å². The summed E-state index contributed by atoms with van der Waals surface area (Å²) in [6.07, 6.45) is 2.57. The van der Waals surface area contributed by atoms with Gasteiger partial charge in [-0.05, 0) is 24.1 Å². The molecular weight excluding hydrogens is 178 g/mol. The average Bonchev–Trinajstić information content (AvgIpc) is 2.62. The number of aromatic nitrogens is 1. The zero-order valence-electron chi connectivity index (χ0n) is 8.08. The van der Waals surface area contributed by atoms with Gasteiger partial charge >= 0.3 is 0 Å². The monoisotopic (exact) mass is 191 g/mol. The minimum atomic E-state index is 0.158. The van der Waals surface area contributed by atoms with Crippen molar-refractivity contribution >= 4 is 10.9 Å². The van der Waals surface area contributed by atoms with E-state index in [-0.39, 0.29) is 6.61 Å². The first-order valence-corrected chi connectivity index (χ1v) is 4.60. The van der Waals surface area contributed by atoms with E-state index in [1.807, 2.05) is 24.4 Å². The predicted octanol–water partition coefficient (Wildman–Crippen LogP) is 1.71. The summed E-state index contributed by atoms with van der Waals surface area (Å²) in [5.41, 5.74) is 2.15. The molecule has 2 aromatic rings. The largest absolute Gasteiger partial charge is 0.496 e. The molecule has 0 aliphatic heterocycles. The van der Waals surface area contributed by atoms with Gasteiger partial charge in [-0.15, -0.1) is 0 Å². The van der Waals surface area contributed by atoms with Gasteiger partial charge in [-0.3, -0.25) is 0 Å². The minimum Gasteiger partial charge on any atom is -0.496 e. The highest BCUT2D eigenvalue weighted by atomic mass is 16.5. The summed E-state index contributed by atoms with van der Waals surface area (Å²) >= 11 is 0. The van der Waals surface area contributed by atoms with Gasteiger partial charge in [0.05, 0.1) is 7.11 Å². The van der Waals surface area contributed by atoms with Gasteiger partial charge in [0.1, 0.15) is 5.75 Å². The second kappa shape index (κ2) is 3.72. The van der Waals surface area contributed by atoms with Crippen LogP contribution in [0, 0.1) is 0 Å². The van der Waals surface area contributed by atoms with E-state index in [0.29, 0.717) is 6.42 Å². The first-order chi connectivity index (χ1) is 6.86. The molecule has 1 heterocycles. The number of aliphatic hydroxyl groups excluding tert-OH is 1. The molecule has 0 saturated heterocycles. The summed E-state index contributed by atoms with van der Waals surface area (Å²) < 4.78 is 5.27. The van der Waals surface area contributed by atoms with Crippen molar-refractivity contribution in [2.24, 2.45) is 0 Å². The zero-order chi connectivity index (χ0) is 9.97. The van der Waals surface area contributed by atoms with Crippen molar-refractivity contribution in [3.8, 4) is 5.75 Å². The second-order valence-electron chi connectivity index (χ2n) is 3.17. The lowest BCUT2D eigenvalue weighted by Gasteiger charge is -2.03. The normalized spacial score (nSPS) is 10.7. The molecule has 3 nitrogen and oxygen atoms in total. The van der Waals surface area contributed by atoms with Crippen molar-refractivity contribution in [1.82, 2.24) is 4.98 Å². The molecule has 0 fully saturated rings. The smallest absolute Gasteiger partial charge is 0.128 e. The Morgan fingerprint density at radius 3 is 3.00 bits per heavy atom. The minimum absolute atomic E-state index is 0.158. The molecular formula is C11H13NO2. The molecule has 2 N–H and O–H groups in total. The van der Waals surface area contributed by atoms with Crippen LogP contribution in [0.25, 0.3) is 10.9 Å². The topological polar surface area (TPSA) is 45.2 Å². The van der Waals surface area contributed by atoms with Crippen LogP contribution in [0.1, 0.15) is 5.56 Å². The fourth-order valence-electron chi connectivity index (χ4n) is 1.71. The predicted molar refractivity (Wildman–Crippen MR) is 55.6 cm³/mol. The standard InChI is InChI=1S/C11H13NO2/c1-14-10-4-2-3-9-11(10)8(5-6-13)7-12-9/h2-4,7,12-13H,5-6H2,1H3. The fraction of sp³-hybridized carbons (Fsp3) is 0.273. The molecule has 3 heteroatoms. The van der Waals surface area contributed by atoms with Gasteiger partial charge in [0.25, 0.3) is 0 Å². The van der Waals surface area contributed by atoms with Crippen molar-refractivity contribution in [2.45, 2.75) is 6.42 Å². The quantitative estimate of drug-likeness (QED) is 0.775. The SMILES string of the molecule is COc1cccc2[nH]cc(CCO)c12. The van der Waals surface area contributed by atoms with Crippen molar-refractivity contribution in [3.63, 3.8) is 0 Å². The van der Waals surface area contributed by atoms with E-state index < -0.39 is 0 Å². The Balaban J connectivity index is 2.62. The Morgan fingerprint density at radius 1 is 1.43 bits per heavy atom. The lowest BCUT2D eigenvalue weighted by atomic mass is 10.1. The molecule has 0 bridgehead atoms. The first-order valence-electron chi connectivity index (χ1n) is 4.60. The van der Waals surface area contributed by atoms with E-state index in [2.05, 4.69) is 4.98 Å². The molecule has 74 valence electrons. The maximum Gasteiger partial charge on any atom is 0.128 e. The van der Waals surface area contributed by atoms with Gasteiger partial charge in [-0.25, -0.2) is 0 Å². The van der Waals surface area contributed by atoms with Crippen LogP contribution < -0.4 is 4.74 Å². The third-order valence-electron chi connectivity index (χ3n) is 2.35. The number of H-pyrrole nitrogens is 1. The average molecular weight is 191 g/mol. The molecule has 0 spiro atoms. The summed E-state index contributed by atoms with van der Waals surface area (Å²) in [4.78, 5) is 3.16. The Bertz CT molecular complexity index is 434. The third kappa shape index (κ3) is 1.36. The second-order valence-corrected chi connectivity index (χ2v) is 3.17. The van der Waals surface area contributed by atoms with E-state index in [9.17, 15) is 0 Å². The van der Waals surface area contributed by atoms with Crippen LogP contribution in [0.3, 0.4) is 0 Å². The highest BCUT2D eigenvalue weighted by molar-refractivity contribution is 5.89. The third-order valence-corrected chi connectivity index (χ3v) is 2.35. The van der Waals surface area contributed by atoms with Crippen LogP contribution in [0.5, 0.6) is 5.75 Å². The summed E-state index contributed by atoms with van der Waals surface area (Å²) in [7, 11) is 1.66. The summed E-state index contributed by atoms with van der Waals surface area (Å²) in [5.74, 6) is 0.854. The molecule has 0 unspecified atom stereocenters. The number of nitrogens with one attached hydrogen (secondary N) is 1. The van der Waals surface area contributed by atoms with Gasteiger partial charge in [0.2, 0.25) is 0 Å². The highest BCUT2D eigenvalue weighted by Gasteiger charge is 2.07. The summed E-state index contributed by atoms with van der Waals surface area (Å²) in [6.45, 7) is 0.158. The van der Waals surface area contributed by atoms with E-state index in [1.165, 1.54) is 0 Å². The molecule has 0 saturated carbocycles. The fourth-order valence-corrected chi connectivity index (χ4v) is 1.71. The maximum atomic E-state index is 8.91. The Kier molecular flexibility index (Phi) is 2.41. The molecule has 0 radical (unpaired) electrons. The van der Waals surface area contributed by atoms with Gasteiger partial charge < -0.3 is 14.8 Å². The molecule has 0 aliphatic rings. The number of benzene rings is 1. The van der Waals surface area contributed by atoms with E-state index in [1.54, 1.807) is 7.11 Å². The number of aliphatic hydroxyl groups is 1. The molecule has 1 aromatic heterocycles. The van der Waals surface area contributed by atoms with E-state index >= 15 is 0 Å².